The van der Waals surface area contributed by atoms with Gasteiger partial charge >= 0.3 is 0 Å². The SMILES string of the molecule is CN(CC1CCCO1)c1cc(CNC2CC2)ccn1. The van der Waals surface area contributed by atoms with Gasteiger partial charge < -0.3 is 15.0 Å². The quantitative estimate of drug-likeness (QED) is 0.849. The summed E-state index contributed by atoms with van der Waals surface area (Å²) >= 11 is 0. The highest BCUT2D eigenvalue weighted by Crippen LogP contribution is 2.20. The molecule has 0 amide bonds. The van der Waals surface area contributed by atoms with Crippen molar-refractivity contribution >= 4 is 5.82 Å². The van der Waals surface area contributed by atoms with E-state index in [-0.39, 0.29) is 0 Å². The predicted octanol–water partition coefficient (Wildman–Crippen LogP) is 1.95. The van der Waals surface area contributed by atoms with Crippen molar-refractivity contribution in [3.05, 3.63) is 23.9 Å². The third kappa shape index (κ3) is 3.67. The van der Waals surface area contributed by atoms with Gasteiger partial charge in [-0.3, -0.25) is 0 Å². The van der Waals surface area contributed by atoms with Crippen molar-refractivity contribution in [1.82, 2.24) is 10.3 Å². The first-order valence-electron chi connectivity index (χ1n) is 7.32. The van der Waals surface area contributed by atoms with Crippen LogP contribution in [0.15, 0.2) is 18.3 Å². The van der Waals surface area contributed by atoms with E-state index in [1.54, 1.807) is 0 Å². The van der Waals surface area contributed by atoms with Crippen molar-refractivity contribution in [2.45, 2.75) is 44.4 Å². The number of hydrogen-bond donors (Lipinski definition) is 1. The zero-order chi connectivity index (χ0) is 13.1. The molecule has 1 aromatic heterocycles. The van der Waals surface area contributed by atoms with E-state index in [2.05, 4.69) is 34.4 Å². The number of aromatic nitrogens is 1. The number of anilines is 1. The van der Waals surface area contributed by atoms with Gasteiger partial charge in [0.1, 0.15) is 5.82 Å². The fourth-order valence-corrected chi connectivity index (χ4v) is 2.52. The van der Waals surface area contributed by atoms with Crippen molar-refractivity contribution in [3.8, 4) is 0 Å². The minimum Gasteiger partial charge on any atom is -0.376 e. The number of ether oxygens (including phenoxy) is 1. The molecule has 19 heavy (non-hydrogen) atoms. The van der Waals surface area contributed by atoms with Gasteiger partial charge in [0.05, 0.1) is 6.10 Å². The Morgan fingerprint density at radius 1 is 1.42 bits per heavy atom. The second-order valence-corrected chi connectivity index (χ2v) is 5.69. The number of nitrogens with zero attached hydrogens (tertiary/aromatic N) is 2. The molecule has 2 heterocycles. The summed E-state index contributed by atoms with van der Waals surface area (Å²) in [4.78, 5) is 6.67. The van der Waals surface area contributed by atoms with E-state index in [9.17, 15) is 0 Å². The van der Waals surface area contributed by atoms with E-state index in [4.69, 9.17) is 4.74 Å². The molecule has 1 N–H and O–H groups in total. The summed E-state index contributed by atoms with van der Waals surface area (Å²) in [5, 5.41) is 3.54. The normalized spacial score (nSPS) is 22.7. The second kappa shape index (κ2) is 5.88. The standard InChI is InChI=1S/C15H23N3O/c1-18(11-14-3-2-8-19-14)15-9-12(6-7-16-15)10-17-13-4-5-13/h6-7,9,13-14,17H,2-5,8,10-11H2,1H3. The molecule has 1 saturated carbocycles. The number of nitrogens with one attached hydrogen (secondary N) is 1. The minimum atomic E-state index is 0.375. The van der Waals surface area contributed by atoms with Crippen molar-refractivity contribution < 1.29 is 4.74 Å². The zero-order valence-electron chi connectivity index (χ0n) is 11.6. The lowest BCUT2D eigenvalue weighted by Crippen LogP contribution is -2.29. The van der Waals surface area contributed by atoms with Gasteiger partial charge in [0.2, 0.25) is 0 Å². The molecule has 0 radical (unpaired) electrons. The van der Waals surface area contributed by atoms with Crippen LogP contribution in [0, 0.1) is 0 Å². The van der Waals surface area contributed by atoms with Gasteiger partial charge in [-0.05, 0) is 43.4 Å². The third-order valence-electron chi connectivity index (χ3n) is 3.87. The Morgan fingerprint density at radius 3 is 3.05 bits per heavy atom. The second-order valence-electron chi connectivity index (χ2n) is 5.69. The highest BCUT2D eigenvalue weighted by Gasteiger charge is 2.20. The molecule has 1 aromatic rings. The molecule has 2 fully saturated rings. The average Bonchev–Trinajstić information content (AvgIpc) is 3.13. The first-order valence-corrected chi connectivity index (χ1v) is 7.32. The Kier molecular flexibility index (Phi) is 3.99. The van der Waals surface area contributed by atoms with Crippen LogP contribution in [0.3, 0.4) is 0 Å². The first kappa shape index (κ1) is 12.9. The molecule has 0 spiro atoms. The topological polar surface area (TPSA) is 37.4 Å². The molecule has 0 aromatic carbocycles. The van der Waals surface area contributed by atoms with Crippen molar-refractivity contribution in [2.75, 3.05) is 25.1 Å². The van der Waals surface area contributed by atoms with E-state index in [1.165, 1.54) is 31.2 Å². The van der Waals surface area contributed by atoms with Gasteiger partial charge in [0, 0.05) is 39.0 Å². The van der Waals surface area contributed by atoms with Crippen LogP contribution in [-0.4, -0.2) is 37.3 Å². The molecule has 4 nitrogen and oxygen atoms in total. The summed E-state index contributed by atoms with van der Waals surface area (Å²) < 4.78 is 5.68. The van der Waals surface area contributed by atoms with Crippen LogP contribution >= 0.6 is 0 Å². The Hall–Kier alpha value is -1.13. The largest absolute Gasteiger partial charge is 0.376 e. The maximum absolute atomic E-state index is 5.68. The van der Waals surface area contributed by atoms with Crippen molar-refractivity contribution in [1.29, 1.82) is 0 Å². The van der Waals surface area contributed by atoms with Gasteiger partial charge in [0.15, 0.2) is 0 Å². The molecule has 3 rings (SSSR count). The number of likely N-dealkylation sites (N-methyl/N-ethyl adjacent to an activating group) is 1. The van der Waals surface area contributed by atoms with Gasteiger partial charge in [-0.15, -0.1) is 0 Å². The van der Waals surface area contributed by atoms with E-state index < -0.39 is 0 Å². The van der Waals surface area contributed by atoms with Crippen LogP contribution < -0.4 is 10.2 Å². The maximum Gasteiger partial charge on any atom is 0.128 e. The fraction of sp³-hybridized carbons (Fsp3) is 0.667. The van der Waals surface area contributed by atoms with Gasteiger partial charge in [-0.1, -0.05) is 0 Å². The maximum atomic E-state index is 5.68. The summed E-state index contributed by atoms with van der Waals surface area (Å²) in [5.41, 5.74) is 1.32. The van der Waals surface area contributed by atoms with Gasteiger partial charge in [0.25, 0.3) is 0 Å². The Balaban J connectivity index is 1.56. The molecule has 1 unspecified atom stereocenters. The minimum absolute atomic E-state index is 0.375. The predicted molar refractivity (Wildman–Crippen MR) is 76.3 cm³/mol. The van der Waals surface area contributed by atoms with Crippen LogP contribution in [0.1, 0.15) is 31.2 Å². The molecule has 1 atom stereocenters. The monoisotopic (exact) mass is 261 g/mol. The summed E-state index contributed by atoms with van der Waals surface area (Å²) in [5.74, 6) is 1.05. The lowest BCUT2D eigenvalue weighted by molar-refractivity contribution is 0.116. The molecule has 0 bridgehead atoms. The molecule has 1 saturated heterocycles. The van der Waals surface area contributed by atoms with Crippen LogP contribution in [0.25, 0.3) is 0 Å². The zero-order valence-corrected chi connectivity index (χ0v) is 11.6. The summed E-state index contributed by atoms with van der Waals surface area (Å²) in [7, 11) is 2.10. The van der Waals surface area contributed by atoms with Crippen LogP contribution in [0.4, 0.5) is 5.82 Å². The molecule has 1 aliphatic heterocycles. The molecule has 2 aliphatic rings. The van der Waals surface area contributed by atoms with Crippen LogP contribution in [0.2, 0.25) is 0 Å². The first-order chi connectivity index (χ1) is 9.31. The number of pyridine rings is 1. The molecular formula is C15H23N3O. The Labute approximate surface area is 115 Å². The highest BCUT2D eigenvalue weighted by atomic mass is 16.5. The van der Waals surface area contributed by atoms with E-state index >= 15 is 0 Å². The van der Waals surface area contributed by atoms with E-state index in [0.29, 0.717) is 6.10 Å². The third-order valence-corrected chi connectivity index (χ3v) is 3.87. The fourth-order valence-electron chi connectivity index (χ4n) is 2.52. The molecular weight excluding hydrogens is 238 g/mol. The van der Waals surface area contributed by atoms with Crippen LogP contribution in [0.5, 0.6) is 0 Å². The number of rotatable bonds is 6. The summed E-state index contributed by atoms with van der Waals surface area (Å²) in [6, 6.07) is 5.03. The lowest BCUT2D eigenvalue weighted by Gasteiger charge is -2.22. The smallest absolute Gasteiger partial charge is 0.128 e. The van der Waals surface area contributed by atoms with Gasteiger partial charge in [-0.2, -0.15) is 0 Å². The summed E-state index contributed by atoms with van der Waals surface area (Å²) in [6.45, 7) is 2.80. The lowest BCUT2D eigenvalue weighted by atomic mass is 10.2. The molecule has 4 heteroatoms. The van der Waals surface area contributed by atoms with Crippen LogP contribution in [-0.2, 0) is 11.3 Å². The molecule has 1 aliphatic carbocycles. The summed E-state index contributed by atoms with van der Waals surface area (Å²) in [6.07, 6.45) is 7.31. The van der Waals surface area contributed by atoms with Gasteiger partial charge in [-0.25, -0.2) is 4.98 Å². The van der Waals surface area contributed by atoms with Crippen molar-refractivity contribution in [2.24, 2.45) is 0 Å². The highest BCUT2D eigenvalue weighted by molar-refractivity contribution is 5.40. The average molecular weight is 261 g/mol. The van der Waals surface area contributed by atoms with E-state index in [0.717, 1.165) is 31.6 Å². The Bertz CT molecular complexity index is 414. The molecule has 104 valence electrons. The Morgan fingerprint density at radius 2 is 2.32 bits per heavy atom. The van der Waals surface area contributed by atoms with E-state index in [1.807, 2.05) is 6.20 Å². The number of hydrogen-bond acceptors (Lipinski definition) is 4. The van der Waals surface area contributed by atoms with Crippen molar-refractivity contribution in [3.63, 3.8) is 0 Å².